The van der Waals surface area contributed by atoms with Crippen molar-refractivity contribution in [2.24, 2.45) is 0 Å². The summed E-state index contributed by atoms with van der Waals surface area (Å²) < 4.78 is 0. The maximum Gasteiger partial charge on any atom is 0.353 e. The Bertz CT molecular complexity index is 803. The maximum absolute atomic E-state index is 11.6. The highest BCUT2D eigenvalue weighted by atomic mass is 16.6. The minimum absolute atomic E-state index is 0.123. The van der Waals surface area contributed by atoms with Gasteiger partial charge in [-0.25, -0.2) is 9.97 Å². The minimum atomic E-state index is -0.481. The summed E-state index contributed by atoms with van der Waals surface area (Å²) in [6.07, 6.45) is 5.49. The standard InChI is InChI=1S/C17H20N6O3/c1-11(24)20-13-6-8-14(9-7-13)22-17-15(23(25)26)16(18-10-19-17)21-12-4-2-3-5-12/h6-10,12H,2-5H2,1H3,(H,20,24)(H2,18,19,21,22). The van der Waals surface area contributed by atoms with Gasteiger partial charge in [-0.05, 0) is 37.1 Å². The number of hydrogen-bond donors (Lipinski definition) is 3. The molecule has 1 aliphatic rings. The van der Waals surface area contributed by atoms with E-state index in [1.165, 1.54) is 13.3 Å². The fourth-order valence-corrected chi connectivity index (χ4v) is 2.99. The average Bonchev–Trinajstić information content (AvgIpc) is 3.09. The van der Waals surface area contributed by atoms with Crippen molar-refractivity contribution in [3.05, 3.63) is 40.7 Å². The third-order valence-electron chi connectivity index (χ3n) is 4.17. The first kappa shape index (κ1) is 17.6. The van der Waals surface area contributed by atoms with Crippen LogP contribution in [-0.2, 0) is 4.79 Å². The molecule has 0 spiro atoms. The third-order valence-corrected chi connectivity index (χ3v) is 4.17. The molecule has 0 bridgehead atoms. The van der Waals surface area contributed by atoms with E-state index in [0.717, 1.165) is 25.7 Å². The first-order chi connectivity index (χ1) is 12.5. The van der Waals surface area contributed by atoms with Crippen molar-refractivity contribution in [2.75, 3.05) is 16.0 Å². The van der Waals surface area contributed by atoms with Crippen molar-refractivity contribution in [3.8, 4) is 0 Å². The number of carbonyl (C=O) groups is 1. The van der Waals surface area contributed by atoms with Crippen LogP contribution in [0.3, 0.4) is 0 Å². The van der Waals surface area contributed by atoms with Crippen LogP contribution in [0.1, 0.15) is 32.6 Å². The molecule has 1 saturated carbocycles. The molecule has 26 heavy (non-hydrogen) atoms. The lowest BCUT2D eigenvalue weighted by atomic mass is 10.2. The Morgan fingerprint density at radius 3 is 2.35 bits per heavy atom. The molecule has 1 heterocycles. The fraction of sp³-hybridized carbons (Fsp3) is 0.353. The molecule has 136 valence electrons. The van der Waals surface area contributed by atoms with E-state index in [4.69, 9.17) is 0 Å². The summed E-state index contributed by atoms with van der Waals surface area (Å²) in [6, 6.07) is 7.03. The highest BCUT2D eigenvalue weighted by Crippen LogP contribution is 2.33. The van der Waals surface area contributed by atoms with Crippen molar-refractivity contribution in [1.82, 2.24) is 9.97 Å². The summed E-state index contributed by atoms with van der Waals surface area (Å²) in [5.74, 6) is 0.187. The van der Waals surface area contributed by atoms with Crippen molar-refractivity contribution in [2.45, 2.75) is 38.6 Å². The van der Waals surface area contributed by atoms with E-state index in [1.54, 1.807) is 24.3 Å². The number of amides is 1. The number of hydrogen-bond acceptors (Lipinski definition) is 7. The minimum Gasteiger partial charge on any atom is -0.361 e. The van der Waals surface area contributed by atoms with Crippen LogP contribution < -0.4 is 16.0 Å². The molecule has 0 unspecified atom stereocenters. The van der Waals surface area contributed by atoms with Gasteiger partial charge in [0.25, 0.3) is 0 Å². The predicted molar refractivity (Wildman–Crippen MR) is 98.6 cm³/mol. The molecular weight excluding hydrogens is 336 g/mol. The maximum atomic E-state index is 11.6. The van der Waals surface area contributed by atoms with E-state index in [0.29, 0.717) is 11.4 Å². The molecule has 0 aliphatic heterocycles. The summed E-state index contributed by atoms with van der Waals surface area (Å²) in [7, 11) is 0. The largest absolute Gasteiger partial charge is 0.361 e. The molecule has 1 amide bonds. The van der Waals surface area contributed by atoms with Gasteiger partial charge in [0.05, 0.1) is 4.92 Å². The van der Waals surface area contributed by atoms with Crippen LogP contribution in [0.4, 0.5) is 28.7 Å². The number of nitro groups is 1. The van der Waals surface area contributed by atoms with Gasteiger partial charge in [0.15, 0.2) is 0 Å². The topological polar surface area (TPSA) is 122 Å². The van der Waals surface area contributed by atoms with Gasteiger partial charge >= 0.3 is 5.69 Å². The Hall–Kier alpha value is -3.23. The van der Waals surface area contributed by atoms with Gasteiger partial charge in [0, 0.05) is 24.3 Å². The number of anilines is 4. The Balaban J connectivity index is 1.82. The van der Waals surface area contributed by atoms with E-state index in [1.807, 2.05) is 0 Å². The van der Waals surface area contributed by atoms with Crippen molar-refractivity contribution in [3.63, 3.8) is 0 Å². The normalized spacial score (nSPS) is 14.0. The molecule has 0 saturated heterocycles. The molecule has 1 aliphatic carbocycles. The van der Waals surface area contributed by atoms with Gasteiger partial charge in [-0.15, -0.1) is 0 Å². The summed E-state index contributed by atoms with van der Waals surface area (Å²) in [6.45, 7) is 1.43. The fourth-order valence-electron chi connectivity index (χ4n) is 2.99. The van der Waals surface area contributed by atoms with E-state index >= 15 is 0 Å². The van der Waals surface area contributed by atoms with Gasteiger partial charge in [0.2, 0.25) is 17.5 Å². The van der Waals surface area contributed by atoms with Crippen LogP contribution in [0.2, 0.25) is 0 Å². The van der Waals surface area contributed by atoms with E-state index in [2.05, 4.69) is 25.9 Å². The lowest BCUT2D eigenvalue weighted by Gasteiger charge is -2.14. The quantitative estimate of drug-likeness (QED) is 0.535. The Kier molecular flexibility index (Phi) is 5.26. The van der Waals surface area contributed by atoms with E-state index in [9.17, 15) is 14.9 Å². The second kappa shape index (κ2) is 7.77. The zero-order valence-electron chi connectivity index (χ0n) is 14.4. The number of aromatic nitrogens is 2. The van der Waals surface area contributed by atoms with Crippen LogP contribution in [0.15, 0.2) is 30.6 Å². The Labute approximate surface area is 150 Å². The second-order valence-electron chi connectivity index (χ2n) is 6.19. The van der Waals surface area contributed by atoms with Gasteiger partial charge in [-0.2, -0.15) is 0 Å². The van der Waals surface area contributed by atoms with Crippen molar-refractivity contribution in [1.29, 1.82) is 0 Å². The molecule has 9 nitrogen and oxygen atoms in total. The second-order valence-corrected chi connectivity index (χ2v) is 6.19. The van der Waals surface area contributed by atoms with Gasteiger partial charge in [0.1, 0.15) is 6.33 Å². The van der Waals surface area contributed by atoms with Crippen molar-refractivity contribution >= 4 is 34.6 Å². The zero-order valence-corrected chi connectivity index (χ0v) is 14.4. The SMILES string of the molecule is CC(=O)Nc1ccc(Nc2ncnc(NC3CCCC3)c2[N+](=O)[O-])cc1. The van der Waals surface area contributed by atoms with E-state index < -0.39 is 4.92 Å². The number of nitrogens with one attached hydrogen (secondary N) is 3. The van der Waals surface area contributed by atoms with Crippen LogP contribution in [0.5, 0.6) is 0 Å². The molecule has 1 fully saturated rings. The van der Waals surface area contributed by atoms with Crippen LogP contribution >= 0.6 is 0 Å². The lowest BCUT2D eigenvalue weighted by Crippen LogP contribution is -2.17. The van der Waals surface area contributed by atoms with Gasteiger partial charge < -0.3 is 16.0 Å². The molecular formula is C17H20N6O3. The molecule has 9 heteroatoms. The molecule has 3 rings (SSSR count). The van der Waals surface area contributed by atoms with E-state index in [-0.39, 0.29) is 29.3 Å². The summed E-state index contributed by atoms with van der Waals surface area (Å²) in [4.78, 5) is 30.3. The predicted octanol–water partition coefficient (Wildman–Crippen LogP) is 3.44. The molecule has 1 aromatic carbocycles. The van der Waals surface area contributed by atoms with Gasteiger partial charge in [-0.3, -0.25) is 14.9 Å². The van der Waals surface area contributed by atoms with Crippen LogP contribution in [-0.4, -0.2) is 26.8 Å². The Morgan fingerprint density at radius 2 is 1.73 bits per heavy atom. The third kappa shape index (κ3) is 4.24. The number of carbonyl (C=O) groups excluding carboxylic acids is 1. The zero-order chi connectivity index (χ0) is 18.5. The monoisotopic (exact) mass is 356 g/mol. The van der Waals surface area contributed by atoms with Crippen LogP contribution in [0.25, 0.3) is 0 Å². The number of nitrogens with zero attached hydrogens (tertiary/aromatic N) is 3. The molecule has 0 radical (unpaired) electrons. The Morgan fingerprint density at radius 1 is 1.12 bits per heavy atom. The number of rotatable bonds is 6. The summed E-state index contributed by atoms with van der Waals surface area (Å²) in [5, 5.41) is 20.4. The van der Waals surface area contributed by atoms with Crippen molar-refractivity contribution < 1.29 is 9.72 Å². The molecule has 0 atom stereocenters. The summed E-state index contributed by atoms with van der Waals surface area (Å²) >= 11 is 0. The first-order valence-corrected chi connectivity index (χ1v) is 8.43. The smallest absolute Gasteiger partial charge is 0.353 e. The molecule has 1 aromatic heterocycles. The van der Waals surface area contributed by atoms with Gasteiger partial charge in [-0.1, -0.05) is 12.8 Å². The number of benzene rings is 1. The first-order valence-electron chi connectivity index (χ1n) is 8.43. The average molecular weight is 356 g/mol. The molecule has 3 N–H and O–H groups in total. The highest BCUT2D eigenvalue weighted by Gasteiger charge is 2.26. The summed E-state index contributed by atoms with van der Waals surface area (Å²) in [5.41, 5.74) is 1.09. The molecule has 2 aromatic rings. The van der Waals surface area contributed by atoms with Crippen LogP contribution in [0, 0.1) is 10.1 Å². The lowest BCUT2D eigenvalue weighted by molar-refractivity contribution is -0.383. The highest BCUT2D eigenvalue weighted by molar-refractivity contribution is 5.89.